The summed E-state index contributed by atoms with van der Waals surface area (Å²) in [6.07, 6.45) is 0. The highest BCUT2D eigenvalue weighted by Gasteiger charge is 2.20. The number of para-hydroxylation sites is 1. The van der Waals surface area contributed by atoms with E-state index >= 15 is 0 Å². The Morgan fingerprint density at radius 2 is 2.24 bits per heavy atom. The lowest BCUT2D eigenvalue weighted by molar-refractivity contribution is -0.902. The number of nitrogens with two attached hydrogens (primary N) is 1. The Labute approximate surface area is 104 Å². The first-order valence-electron chi connectivity index (χ1n) is 5.54. The van der Waals surface area contributed by atoms with E-state index in [4.69, 9.17) is 5.73 Å². The maximum Gasteiger partial charge on any atom is 0.272 e. The number of carbonyl (C=O) groups is 1. The van der Waals surface area contributed by atoms with Crippen LogP contribution in [-0.2, 0) is 4.79 Å². The number of benzene rings is 1. The molecule has 0 aliphatic rings. The Balaban J connectivity index is 2.24. The van der Waals surface area contributed by atoms with E-state index in [0.29, 0.717) is 6.54 Å². The fraction of sp³-hybridized carbons (Fsp3) is 0.333. The van der Waals surface area contributed by atoms with Crippen LogP contribution in [0.15, 0.2) is 24.3 Å². The Morgan fingerprint density at radius 1 is 1.53 bits per heavy atom. The molecule has 5 heteroatoms. The number of nitrogens with zero attached hydrogens (tertiary/aromatic N) is 1. The van der Waals surface area contributed by atoms with Crippen molar-refractivity contribution >= 4 is 27.5 Å². The number of quaternary nitrogens is 1. The molecular weight excluding hydrogens is 234 g/mol. The monoisotopic (exact) mass is 250 g/mol. The van der Waals surface area contributed by atoms with Crippen LogP contribution in [0.2, 0.25) is 0 Å². The quantitative estimate of drug-likeness (QED) is 0.823. The van der Waals surface area contributed by atoms with E-state index in [9.17, 15) is 4.79 Å². The first-order chi connectivity index (χ1) is 8.08. The molecule has 0 spiro atoms. The molecule has 1 heterocycles. The molecule has 0 bridgehead atoms. The lowest BCUT2D eigenvalue weighted by Gasteiger charge is -2.17. The van der Waals surface area contributed by atoms with Gasteiger partial charge < -0.3 is 10.6 Å². The molecule has 1 aromatic carbocycles. The van der Waals surface area contributed by atoms with Crippen molar-refractivity contribution in [2.75, 3.05) is 13.6 Å². The van der Waals surface area contributed by atoms with Crippen molar-refractivity contribution in [3.63, 3.8) is 0 Å². The highest BCUT2D eigenvalue weighted by molar-refractivity contribution is 7.18. The highest BCUT2D eigenvalue weighted by Crippen LogP contribution is 2.24. The number of hydrogen-bond donors (Lipinski definition) is 2. The number of hydrogen-bond acceptors (Lipinski definition) is 3. The Kier molecular flexibility index (Phi) is 3.40. The van der Waals surface area contributed by atoms with Crippen molar-refractivity contribution in [3.8, 4) is 0 Å². The standard InChI is InChI=1S/C12H15N3OS/c1-8(15(2)7-11(13)16)12-14-9-5-3-4-6-10(9)17-12/h3-6,8H,7H2,1-2H3,(H2,13,16)/p+1/t8-/m1/s1. The number of fused-ring (bicyclic) bond motifs is 1. The minimum absolute atomic E-state index is 0.180. The van der Waals surface area contributed by atoms with E-state index in [1.165, 1.54) is 4.70 Å². The number of likely N-dealkylation sites (N-methyl/N-ethyl adjacent to an activating group) is 1. The Bertz CT molecular complexity index is 504. The molecule has 0 aliphatic heterocycles. The number of thiazole rings is 1. The fourth-order valence-electron chi connectivity index (χ4n) is 1.71. The zero-order chi connectivity index (χ0) is 12.4. The summed E-state index contributed by atoms with van der Waals surface area (Å²) in [4.78, 5) is 16.6. The second kappa shape index (κ2) is 4.81. The predicted octanol–water partition coefficient (Wildman–Crippen LogP) is 0.357. The van der Waals surface area contributed by atoms with Gasteiger partial charge >= 0.3 is 0 Å². The van der Waals surface area contributed by atoms with Gasteiger partial charge in [-0.3, -0.25) is 4.79 Å². The van der Waals surface area contributed by atoms with E-state index in [2.05, 4.69) is 18.0 Å². The molecule has 1 amide bonds. The normalized spacial score (nSPS) is 14.7. The smallest absolute Gasteiger partial charge is 0.272 e. The van der Waals surface area contributed by atoms with Crippen LogP contribution in [0.1, 0.15) is 18.0 Å². The molecule has 17 heavy (non-hydrogen) atoms. The second-order valence-electron chi connectivity index (χ2n) is 4.23. The summed E-state index contributed by atoms with van der Waals surface area (Å²) in [5.74, 6) is -0.282. The maximum absolute atomic E-state index is 10.9. The molecule has 2 atom stereocenters. The number of nitrogens with one attached hydrogen (secondary N) is 1. The minimum Gasteiger partial charge on any atom is -0.365 e. The third-order valence-corrected chi connectivity index (χ3v) is 4.09. The van der Waals surface area contributed by atoms with Gasteiger partial charge in [0.2, 0.25) is 0 Å². The van der Waals surface area contributed by atoms with Crippen LogP contribution in [0.5, 0.6) is 0 Å². The van der Waals surface area contributed by atoms with Gasteiger partial charge in [0.25, 0.3) is 5.91 Å². The topological polar surface area (TPSA) is 60.4 Å². The van der Waals surface area contributed by atoms with Crippen LogP contribution in [0.3, 0.4) is 0 Å². The van der Waals surface area contributed by atoms with Crippen LogP contribution >= 0.6 is 11.3 Å². The molecule has 1 aromatic heterocycles. The SMILES string of the molecule is C[C@H](c1nc2ccccc2s1)[NH+](C)CC(N)=O. The van der Waals surface area contributed by atoms with Gasteiger partial charge in [0, 0.05) is 0 Å². The largest absolute Gasteiger partial charge is 0.365 e. The summed E-state index contributed by atoms with van der Waals surface area (Å²) in [7, 11) is 1.96. The van der Waals surface area contributed by atoms with Gasteiger partial charge in [-0.05, 0) is 19.1 Å². The molecule has 4 nitrogen and oxygen atoms in total. The molecule has 2 rings (SSSR count). The van der Waals surface area contributed by atoms with E-state index in [-0.39, 0.29) is 11.9 Å². The van der Waals surface area contributed by atoms with Crippen molar-refractivity contribution < 1.29 is 9.69 Å². The van der Waals surface area contributed by atoms with E-state index in [0.717, 1.165) is 15.4 Å². The third-order valence-electron chi connectivity index (χ3n) is 2.87. The lowest BCUT2D eigenvalue weighted by atomic mass is 10.3. The van der Waals surface area contributed by atoms with Gasteiger partial charge in [-0.2, -0.15) is 0 Å². The Hall–Kier alpha value is -1.46. The summed E-state index contributed by atoms with van der Waals surface area (Å²) in [6.45, 7) is 2.40. The average Bonchev–Trinajstić information content (AvgIpc) is 2.70. The summed E-state index contributed by atoms with van der Waals surface area (Å²) < 4.78 is 1.18. The molecule has 0 aliphatic carbocycles. The summed E-state index contributed by atoms with van der Waals surface area (Å²) in [5, 5.41) is 1.05. The molecular formula is C12H16N3OS+. The molecule has 0 radical (unpaired) electrons. The highest BCUT2D eigenvalue weighted by atomic mass is 32.1. The molecule has 3 N–H and O–H groups in total. The van der Waals surface area contributed by atoms with Gasteiger partial charge in [0.1, 0.15) is 6.04 Å². The van der Waals surface area contributed by atoms with Gasteiger partial charge in [-0.15, -0.1) is 11.3 Å². The minimum atomic E-state index is -0.282. The number of aromatic nitrogens is 1. The van der Waals surface area contributed by atoms with Crippen LogP contribution in [0.4, 0.5) is 0 Å². The first kappa shape index (κ1) is 12.0. The number of primary amides is 1. The first-order valence-corrected chi connectivity index (χ1v) is 6.35. The van der Waals surface area contributed by atoms with Gasteiger partial charge in [0.05, 0.1) is 17.3 Å². The number of rotatable bonds is 4. The van der Waals surface area contributed by atoms with Gasteiger partial charge in [-0.1, -0.05) is 12.1 Å². The summed E-state index contributed by atoms with van der Waals surface area (Å²) in [6, 6.07) is 8.24. The molecule has 1 unspecified atom stereocenters. The van der Waals surface area contributed by atoms with E-state index in [1.807, 2.05) is 25.2 Å². The zero-order valence-electron chi connectivity index (χ0n) is 9.93. The Morgan fingerprint density at radius 3 is 2.88 bits per heavy atom. The van der Waals surface area contributed by atoms with Crippen LogP contribution < -0.4 is 10.6 Å². The molecule has 0 fully saturated rings. The molecule has 2 aromatic rings. The van der Waals surface area contributed by atoms with Gasteiger partial charge in [0.15, 0.2) is 11.6 Å². The van der Waals surface area contributed by atoms with Crippen molar-refractivity contribution in [1.29, 1.82) is 0 Å². The third kappa shape index (κ3) is 2.62. The van der Waals surface area contributed by atoms with E-state index < -0.39 is 0 Å². The van der Waals surface area contributed by atoms with E-state index in [1.54, 1.807) is 11.3 Å². The van der Waals surface area contributed by atoms with Crippen molar-refractivity contribution in [2.45, 2.75) is 13.0 Å². The molecule has 90 valence electrons. The molecule has 0 saturated carbocycles. The van der Waals surface area contributed by atoms with Gasteiger partial charge in [-0.25, -0.2) is 4.98 Å². The molecule has 0 saturated heterocycles. The predicted molar refractivity (Wildman–Crippen MR) is 69.0 cm³/mol. The lowest BCUT2D eigenvalue weighted by Crippen LogP contribution is -3.10. The number of amides is 1. The van der Waals surface area contributed by atoms with Crippen LogP contribution in [0.25, 0.3) is 10.2 Å². The summed E-state index contributed by atoms with van der Waals surface area (Å²) in [5.41, 5.74) is 6.23. The fourth-order valence-corrected chi connectivity index (χ4v) is 2.83. The van der Waals surface area contributed by atoms with Crippen LogP contribution in [-0.4, -0.2) is 24.5 Å². The van der Waals surface area contributed by atoms with Crippen molar-refractivity contribution in [3.05, 3.63) is 29.3 Å². The van der Waals surface area contributed by atoms with Crippen molar-refractivity contribution in [1.82, 2.24) is 4.98 Å². The summed E-state index contributed by atoms with van der Waals surface area (Å²) >= 11 is 1.68. The second-order valence-corrected chi connectivity index (χ2v) is 5.29. The zero-order valence-corrected chi connectivity index (χ0v) is 10.8. The maximum atomic E-state index is 10.9. The average molecular weight is 250 g/mol. The number of carbonyl (C=O) groups excluding carboxylic acids is 1. The van der Waals surface area contributed by atoms with Crippen LogP contribution in [0, 0.1) is 0 Å². The van der Waals surface area contributed by atoms with Crippen molar-refractivity contribution in [2.24, 2.45) is 5.73 Å².